The molecule has 0 spiro atoms. The SMILES string of the molecule is C.C=CC(=O)NCC(=O)O.C=CC(=O)NCC(=O)O.C=CC(=O)NCNC(=O)C=C.CCC(C)C(=O)NCNC(=O)C(C)CCCCC(C)C(=O)NCC(=O)O.CCCC(C)(CCC(C)C(=O)NCC(=O)O)C(=O)NCCCCCC(=O)O. The van der Waals surface area contributed by atoms with Crippen LogP contribution in [-0.4, -0.2) is 155 Å². The van der Waals surface area contributed by atoms with Gasteiger partial charge in [0.2, 0.25) is 53.2 Å². The van der Waals surface area contributed by atoms with E-state index in [1.54, 1.807) is 13.8 Å². The number of carboxylic acid groups (broad SMARTS) is 5. The Labute approximate surface area is 487 Å². The van der Waals surface area contributed by atoms with Crippen molar-refractivity contribution in [3.05, 3.63) is 50.6 Å². The van der Waals surface area contributed by atoms with E-state index >= 15 is 0 Å². The Bertz CT molecular complexity index is 2030. The number of carbonyl (C=O) groups is 14. The summed E-state index contributed by atoms with van der Waals surface area (Å²) in [6.07, 6.45) is 12.7. The highest BCUT2D eigenvalue weighted by Crippen LogP contribution is 2.31. The Morgan fingerprint density at radius 3 is 1.10 bits per heavy atom. The molecule has 0 saturated heterocycles. The van der Waals surface area contributed by atoms with Crippen molar-refractivity contribution in [2.75, 3.05) is 46.1 Å². The van der Waals surface area contributed by atoms with Gasteiger partial charge >= 0.3 is 29.8 Å². The van der Waals surface area contributed by atoms with Crippen LogP contribution in [0.5, 0.6) is 0 Å². The van der Waals surface area contributed by atoms with Crippen LogP contribution in [0.15, 0.2) is 50.6 Å². The first-order valence-corrected chi connectivity index (χ1v) is 26.4. The smallest absolute Gasteiger partial charge is 0.322 e. The largest absolute Gasteiger partial charge is 0.481 e. The van der Waals surface area contributed by atoms with Crippen LogP contribution in [-0.2, 0) is 67.1 Å². The quantitative estimate of drug-likeness (QED) is 0.0240. The van der Waals surface area contributed by atoms with Crippen molar-refractivity contribution in [1.82, 2.24) is 47.9 Å². The molecule has 0 aliphatic rings. The molecule has 0 fully saturated rings. The Morgan fingerprint density at radius 2 is 0.747 bits per heavy atom. The molecule has 83 heavy (non-hydrogen) atoms. The molecule has 5 unspecified atom stereocenters. The molecule has 0 saturated carbocycles. The maximum Gasteiger partial charge on any atom is 0.322 e. The molecule has 9 amide bonds. The maximum atomic E-state index is 12.6. The molecule has 0 rings (SSSR count). The summed E-state index contributed by atoms with van der Waals surface area (Å²) in [4.78, 5) is 152. The summed E-state index contributed by atoms with van der Waals surface area (Å²) in [5.41, 5.74) is -0.586. The van der Waals surface area contributed by atoms with Crippen LogP contribution in [0.25, 0.3) is 0 Å². The monoisotopic (exact) mass is 1190 g/mol. The minimum Gasteiger partial charge on any atom is -0.481 e. The number of nitrogens with one attached hydrogen (secondary N) is 9. The third kappa shape index (κ3) is 56.6. The zero-order valence-corrected chi connectivity index (χ0v) is 48.5. The van der Waals surface area contributed by atoms with Crippen molar-refractivity contribution in [1.29, 1.82) is 0 Å². The highest BCUT2D eigenvalue weighted by atomic mass is 16.4. The van der Waals surface area contributed by atoms with Gasteiger partial charge in [0.1, 0.15) is 26.2 Å². The van der Waals surface area contributed by atoms with E-state index in [4.69, 9.17) is 25.5 Å². The van der Waals surface area contributed by atoms with E-state index in [0.29, 0.717) is 45.1 Å². The average Bonchev–Trinajstić information content (AvgIpc) is 3.43. The first-order valence-electron chi connectivity index (χ1n) is 26.4. The molecule has 474 valence electrons. The summed E-state index contributed by atoms with van der Waals surface area (Å²) in [5, 5.41) is 63.6. The number of unbranched alkanes of at least 4 members (excludes halogenated alkanes) is 3. The van der Waals surface area contributed by atoms with Gasteiger partial charge in [-0.05, 0) is 75.7 Å². The predicted octanol–water partition coefficient (Wildman–Crippen LogP) is 2.36. The van der Waals surface area contributed by atoms with E-state index < -0.39 is 53.6 Å². The highest BCUT2D eigenvalue weighted by Gasteiger charge is 2.33. The lowest BCUT2D eigenvalue weighted by Gasteiger charge is -2.29. The fraction of sp³-hybridized carbons (Fsp3) is 0.600. The van der Waals surface area contributed by atoms with Crippen LogP contribution < -0.4 is 47.9 Å². The first-order chi connectivity index (χ1) is 38.3. The summed E-state index contributed by atoms with van der Waals surface area (Å²) >= 11 is 0. The van der Waals surface area contributed by atoms with E-state index in [2.05, 4.69) is 74.2 Å². The molecule has 0 aliphatic heterocycles. The van der Waals surface area contributed by atoms with Crippen LogP contribution >= 0.6 is 0 Å². The predicted molar refractivity (Wildman–Crippen MR) is 309 cm³/mol. The van der Waals surface area contributed by atoms with Crippen LogP contribution in [0.1, 0.15) is 139 Å². The third-order valence-electron chi connectivity index (χ3n) is 11.2. The lowest BCUT2D eigenvalue weighted by atomic mass is 9.78. The number of hydrogen-bond acceptors (Lipinski definition) is 14. The van der Waals surface area contributed by atoms with Gasteiger partial charge in [0.25, 0.3) is 0 Å². The van der Waals surface area contributed by atoms with Gasteiger partial charge in [-0.25, -0.2) is 0 Å². The molecule has 0 aromatic heterocycles. The number of hydrogen-bond donors (Lipinski definition) is 14. The number of aliphatic carboxylic acids is 5. The molecule has 0 aliphatic carbocycles. The molecule has 0 radical (unpaired) electrons. The van der Waals surface area contributed by atoms with Gasteiger partial charge in [-0.2, -0.15) is 0 Å². The summed E-state index contributed by atoms with van der Waals surface area (Å²) in [6, 6.07) is 0. The number of carbonyl (C=O) groups excluding carboxylic acids is 9. The van der Waals surface area contributed by atoms with Crippen molar-refractivity contribution >= 4 is 83.0 Å². The van der Waals surface area contributed by atoms with Crippen molar-refractivity contribution in [2.24, 2.45) is 29.1 Å². The molecule has 28 heteroatoms. The maximum absolute atomic E-state index is 12.6. The normalized spacial score (nSPS) is 11.7. The minimum atomic E-state index is -1.09. The average molecular weight is 1190 g/mol. The molecule has 5 atom stereocenters. The van der Waals surface area contributed by atoms with E-state index in [-0.39, 0.29) is 112 Å². The lowest BCUT2D eigenvalue weighted by molar-refractivity contribution is -0.138. The van der Waals surface area contributed by atoms with Crippen LogP contribution in [0, 0.1) is 29.1 Å². The molecule has 28 nitrogen and oxygen atoms in total. The standard InChI is InChI=1S/C19H34N2O6.C18H33N3O5.C7H10N2O2.2C5H7NO3.CH4/c1-4-10-19(3,11-9-14(2)17(26)21-13-16(24)25)18(27)20-12-7-5-6-8-15(22)23;1-5-12(2)16(24)20-11-21-18(26)14(4)9-7-6-8-13(3)17(25)19-10-15(22)23;1-3-6(10)8-5-9-7(11)4-2;2*1-2-4(7)6-3-5(8)9;/h14H,4-13H2,1-3H3,(H,20,27)(H,21,26)(H,22,23)(H,24,25);12-14H,5-11H2,1-4H3,(H,19,25)(H,20,24)(H,21,26)(H,22,23);3-4H,1-2,5H2,(H,8,10)(H,9,11);2*2H,1,3H2,(H,6,7)(H,8,9);1H4. The van der Waals surface area contributed by atoms with Crippen LogP contribution in [0.3, 0.4) is 0 Å². The Hall–Kier alpha value is -8.46. The highest BCUT2D eigenvalue weighted by molar-refractivity contribution is 5.90. The molecular weight excluding hydrogens is 1090 g/mol. The summed E-state index contributed by atoms with van der Waals surface area (Å²) in [6.45, 7) is 24.9. The van der Waals surface area contributed by atoms with Gasteiger partial charge in [0.05, 0.1) is 13.3 Å². The second-order valence-electron chi connectivity index (χ2n) is 18.4. The molecule has 14 N–H and O–H groups in total. The number of rotatable bonds is 38. The van der Waals surface area contributed by atoms with E-state index in [1.807, 2.05) is 34.6 Å². The Morgan fingerprint density at radius 1 is 0.410 bits per heavy atom. The van der Waals surface area contributed by atoms with Gasteiger partial charge in [-0.15, -0.1) is 0 Å². The second-order valence-corrected chi connectivity index (χ2v) is 18.4. The first kappa shape index (κ1) is 85.8. The van der Waals surface area contributed by atoms with Crippen molar-refractivity contribution < 1.29 is 92.7 Å². The van der Waals surface area contributed by atoms with Gasteiger partial charge in [-0.3, -0.25) is 67.1 Å². The van der Waals surface area contributed by atoms with Crippen LogP contribution in [0.4, 0.5) is 0 Å². The zero-order chi connectivity index (χ0) is 64.2. The van der Waals surface area contributed by atoms with Crippen molar-refractivity contribution in [2.45, 2.75) is 139 Å². The Kier molecular flexibility index (Phi) is 56.0. The lowest BCUT2D eigenvalue weighted by Crippen LogP contribution is -2.41. The second kappa shape index (κ2) is 54.1. The van der Waals surface area contributed by atoms with Gasteiger partial charge in [0, 0.05) is 42.1 Å². The van der Waals surface area contributed by atoms with Gasteiger partial charge in [-0.1, -0.05) is 108 Å². The van der Waals surface area contributed by atoms with Crippen molar-refractivity contribution in [3.8, 4) is 0 Å². The minimum absolute atomic E-state index is 0. The number of carboxylic acids is 5. The summed E-state index contributed by atoms with van der Waals surface area (Å²) in [7, 11) is 0. The Balaban J connectivity index is -0.000000242. The van der Waals surface area contributed by atoms with Crippen LogP contribution in [0.2, 0.25) is 0 Å². The zero-order valence-electron chi connectivity index (χ0n) is 48.5. The van der Waals surface area contributed by atoms with E-state index in [1.165, 1.54) is 0 Å². The fourth-order valence-corrected chi connectivity index (χ4v) is 5.99. The van der Waals surface area contributed by atoms with E-state index in [0.717, 1.165) is 62.8 Å². The van der Waals surface area contributed by atoms with E-state index in [9.17, 15) is 67.1 Å². The summed E-state index contributed by atoms with van der Waals surface area (Å²) in [5.74, 6) is -8.39. The molecule has 0 heterocycles. The molecule has 0 bridgehead atoms. The molecule has 0 aromatic rings. The van der Waals surface area contributed by atoms with Gasteiger partial charge in [0.15, 0.2) is 0 Å². The third-order valence-corrected chi connectivity index (χ3v) is 11.2. The fourth-order valence-electron chi connectivity index (χ4n) is 5.99. The molecular formula is C55H95N9O19. The van der Waals surface area contributed by atoms with Gasteiger partial charge < -0.3 is 73.4 Å². The summed E-state index contributed by atoms with van der Waals surface area (Å²) < 4.78 is 0. The molecule has 0 aromatic carbocycles. The topological polar surface area (TPSA) is 448 Å². The number of amides is 9. The van der Waals surface area contributed by atoms with Crippen molar-refractivity contribution in [3.63, 3.8) is 0 Å².